The molecule has 0 fully saturated rings. The summed E-state index contributed by atoms with van der Waals surface area (Å²) in [5.41, 5.74) is 6.86. The Morgan fingerprint density at radius 2 is 2.05 bits per heavy atom. The lowest BCUT2D eigenvalue weighted by atomic mass is 10.2. The van der Waals surface area contributed by atoms with Crippen LogP contribution in [0.5, 0.6) is 11.5 Å². The van der Waals surface area contributed by atoms with Crippen LogP contribution in [0, 0.1) is 0 Å². The summed E-state index contributed by atoms with van der Waals surface area (Å²) in [6.45, 7) is -0.0409. The van der Waals surface area contributed by atoms with Gasteiger partial charge >= 0.3 is 0 Å². The van der Waals surface area contributed by atoms with Crippen molar-refractivity contribution in [1.82, 2.24) is 0 Å². The van der Waals surface area contributed by atoms with Gasteiger partial charge in [0.25, 0.3) is 0 Å². The zero-order valence-corrected chi connectivity index (χ0v) is 12.0. The van der Waals surface area contributed by atoms with E-state index in [9.17, 15) is 0 Å². The van der Waals surface area contributed by atoms with E-state index in [1.807, 2.05) is 6.07 Å². The summed E-state index contributed by atoms with van der Waals surface area (Å²) in [4.78, 5) is 0. The molecule has 20 heavy (non-hydrogen) atoms. The fraction of sp³-hybridized carbons (Fsp3) is 0.0714. The average molecular weight is 337 g/mol. The molecular formula is C14H13BrN2O3. The van der Waals surface area contributed by atoms with Gasteiger partial charge in [-0.1, -0.05) is 17.3 Å². The maximum Gasteiger partial charge on any atom is 0.170 e. The number of nitrogens with two attached hydrogens (primary N) is 1. The second-order valence-electron chi connectivity index (χ2n) is 4.04. The van der Waals surface area contributed by atoms with Gasteiger partial charge in [0.1, 0.15) is 11.5 Å². The highest BCUT2D eigenvalue weighted by Gasteiger charge is 2.07. The summed E-state index contributed by atoms with van der Waals surface area (Å²) in [7, 11) is 0. The van der Waals surface area contributed by atoms with Gasteiger partial charge in [-0.15, -0.1) is 0 Å². The molecule has 2 rings (SSSR count). The van der Waals surface area contributed by atoms with Gasteiger partial charge in [0, 0.05) is 5.56 Å². The SMILES string of the molecule is N/C(=N/O)c1ccc(Oc2cccc(CO)c2)c(Br)c1. The highest BCUT2D eigenvalue weighted by molar-refractivity contribution is 9.10. The molecular weight excluding hydrogens is 324 g/mol. The topological polar surface area (TPSA) is 88.1 Å². The number of aliphatic hydroxyl groups excluding tert-OH is 1. The van der Waals surface area contributed by atoms with Crippen LogP contribution in [0.25, 0.3) is 0 Å². The number of halogens is 1. The maximum atomic E-state index is 9.09. The van der Waals surface area contributed by atoms with Gasteiger partial charge in [0.15, 0.2) is 5.84 Å². The van der Waals surface area contributed by atoms with Crippen molar-refractivity contribution in [3.8, 4) is 11.5 Å². The van der Waals surface area contributed by atoms with Crippen LogP contribution in [0.1, 0.15) is 11.1 Å². The third kappa shape index (κ3) is 3.28. The average Bonchev–Trinajstić information content (AvgIpc) is 2.48. The molecule has 0 saturated carbocycles. The summed E-state index contributed by atoms with van der Waals surface area (Å²) in [5, 5.41) is 20.7. The standard InChI is InChI=1S/C14H13BrN2O3/c15-12-7-10(14(16)17-19)4-5-13(12)20-11-3-1-2-9(6-11)8-18/h1-7,18-19H,8H2,(H2,16,17). The first kappa shape index (κ1) is 14.4. The Morgan fingerprint density at radius 1 is 1.25 bits per heavy atom. The first-order chi connectivity index (χ1) is 9.63. The maximum absolute atomic E-state index is 9.09. The fourth-order valence-electron chi connectivity index (χ4n) is 1.63. The number of hydrogen-bond donors (Lipinski definition) is 3. The molecule has 0 spiro atoms. The molecule has 0 atom stereocenters. The lowest BCUT2D eigenvalue weighted by molar-refractivity contribution is 0.281. The normalized spacial score (nSPS) is 11.4. The molecule has 2 aromatic rings. The number of ether oxygens (including phenoxy) is 1. The Kier molecular flexibility index (Phi) is 4.60. The van der Waals surface area contributed by atoms with E-state index in [0.29, 0.717) is 21.5 Å². The third-order valence-corrected chi connectivity index (χ3v) is 3.26. The van der Waals surface area contributed by atoms with Crippen LogP contribution in [0.2, 0.25) is 0 Å². The predicted molar refractivity (Wildman–Crippen MR) is 79.1 cm³/mol. The molecule has 0 unspecified atom stereocenters. The van der Waals surface area contributed by atoms with Crippen LogP contribution in [0.15, 0.2) is 52.1 Å². The Hall–Kier alpha value is -2.05. The Bertz CT molecular complexity index is 644. The minimum absolute atomic E-state index is 0.0273. The van der Waals surface area contributed by atoms with E-state index in [1.54, 1.807) is 36.4 Å². The first-order valence-corrected chi connectivity index (χ1v) is 6.58. The van der Waals surface area contributed by atoms with Crippen LogP contribution in [0.4, 0.5) is 0 Å². The zero-order chi connectivity index (χ0) is 14.5. The third-order valence-electron chi connectivity index (χ3n) is 2.64. The van der Waals surface area contributed by atoms with Gasteiger partial charge in [-0.05, 0) is 51.8 Å². The lowest BCUT2D eigenvalue weighted by Crippen LogP contribution is -2.12. The number of amidine groups is 1. The van der Waals surface area contributed by atoms with E-state index in [4.69, 9.17) is 20.8 Å². The fourth-order valence-corrected chi connectivity index (χ4v) is 2.09. The minimum Gasteiger partial charge on any atom is -0.456 e. The van der Waals surface area contributed by atoms with Gasteiger partial charge < -0.3 is 20.8 Å². The van der Waals surface area contributed by atoms with Crippen LogP contribution in [0.3, 0.4) is 0 Å². The van der Waals surface area contributed by atoms with Crippen molar-refractivity contribution in [3.05, 3.63) is 58.1 Å². The number of benzene rings is 2. The van der Waals surface area contributed by atoms with E-state index in [0.717, 1.165) is 5.56 Å². The molecule has 0 bridgehead atoms. The number of nitrogens with zero attached hydrogens (tertiary/aromatic N) is 1. The molecule has 0 saturated heterocycles. The molecule has 0 aliphatic carbocycles. The van der Waals surface area contributed by atoms with Crippen LogP contribution in [-0.2, 0) is 6.61 Å². The van der Waals surface area contributed by atoms with E-state index in [1.165, 1.54) is 0 Å². The van der Waals surface area contributed by atoms with Crippen molar-refractivity contribution in [2.24, 2.45) is 10.9 Å². The minimum atomic E-state index is -0.0409. The van der Waals surface area contributed by atoms with Crippen molar-refractivity contribution in [1.29, 1.82) is 0 Å². The summed E-state index contributed by atoms with van der Waals surface area (Å²) < 4.78 is 6.40. The Labute approximate surface area is 124 Å². The first-order valence-electron chi connectivity index (χ1n) is 5.79. The molecule has 0 amide bonds. The zero-order valence-electron chi connectivity index (χ0n) is 10.5. The van der Waals surface area contributed by atoms with Crippen LogP contribution >= 0.6 is 15.9 Å². The number of rotatable bonds is 4. The Morgan fingerprint density at radius 3 is 2.70 bits per heavy atom. The predicted octanol–water partition coefficient (Wildman–Crippen LogP) is 2.83. The summed E-state index contributed by atoms with van der Waals surface area (Å²) >= 11 is 3.37. The van der Waals surface area contributed by atoms with Crippen LogP contribution in [-0.4, -0.2) is 16.1 Å². The number of oxime groups is 1. The van der Waals surface area contributed by atoms with Gasteiger partial charge in [0.05, 0.1) is 11.1 Å². The highest BCUT2D eigenvalue weighted by Crippen LogP contribution is 2.30. The van der Waals surface area contributed by atoms with Gasteiger partial charge in [-0.2, -0.15) is 0 Å². The molecule has 6 heteroatoms. The van der Waals surface area contributed by atoms with E-state index in [-0.39, 0.29) is 12.4 Å². The van der Waals surface area contributed by atoms with Gasteiger partial charge in [0.2, 0.25) is 0 Å². The molecule has 5 nitrogen and oxygen atoms in total. The number of aliphatic hydroxyl groups is 1. The van der Waals surface area contributed by atoms with Crippen molar-refractivity contribution in [3.63, 3.8) is 0 Å². The van der Waals surface area contributed by atoms with Crippen molar-refractivity contribution < 1.29 is 15.1 Å². The highest BCUT2D eigenvalue weighted by atomic mass is 79.9. The summed E-state index contributed by atoms with van der Waals surface area (Å²) in [6, 6.07) is 12.3. The Balaban J connectivity index is 2.25. The summed E-state index contributed by atoms with van der Waals surface area (Å²) in [5.74, 6) is 1.24. The van der Waals surface area contributed by atoms with E-state index >= 15 is 0 Å². The smallest absolute Gasteiger partial charge is 0.170 e. The van der Waals surface area contributed by atoms with Crippen molar-refractivity contribution in [2.45, 2.75) is 6.61 Å². The van der Waals surface area contributed by atoms with Gasteiger partial charge in [-0.25, -0.2) is 0 Å². The van der Waals surface area contributed by atoms with Crippen molar-refractivity contribution in [2.75, 3.05) is 0 Å². The van der Waals surface area contributed by atoms with Crippen LogP contribution < -0.4 is 10.5 Å². The number of hydrogen-bond acceptors (Lipinski definition) is 4. The molecule has 0 heterocycles. The largest absolute Gasteiger partial charge is 0.456 e. The molecule has 0 aliphatic heterocycles. The van der Waals surface area contributed by atoms with E-state index in [2.05, 4.69) is 21.1 Å². The van der Waals surface area contributed by atoms with E-state index < -0.39 is 0 Å². The van der Waals surface area contributed by atoms with Crippen molar-refractivity contribution >= 4 is 21.8 Å². The molecule has 0 radical (unpaired) electrons. The molecule has 2 aromatic carbocycles. The summed E-state index contributed by atoms with van der Waals surface area (Å²) in [6.07, 6.45) is 0. The second-order valence-corrected chi connectivity index (χ2v) is 4.89. The molecule has 0 aliphatic rings. The molecule has 0 aromatic heterocycles. The quantitative estimate of drug-likeness (QED) is 0.346. The lowest BCUT2D eigenvalue weighted by Gasteiger charge is -2.10. The second kappa shape index (κ2) is 6.40. The molecule has 4 N–H and O–H groups in total. The molecule has 104 valence electrons. The van der Waals surface area contributed by atoms with Gasteiger partial charge in [-0.3, -0.25) is 0 Å². The monoisotopic (exact) mass is 336 g/mol.